The Morgan fingerprint density at radius 2 is 0.488 bits per heavy atom. The van der Waals surface area contributed by atoms with Crippen molar-refractivity contribution in [1.29, 1.82) is 0 Å². The molecule has 0 heterocycles. The zero-order chi connectivity index (χ0) is 29.9. The predicted molar refractivity (Wildman–Crippen MR) is 186 cm³/mol. The lowest BCUT2D eigenvalue weighted by atomic mass is 10.1. The summed E-state index contributed by atoms with van der Waals surface area (Å²) in [6.07, 6.45) is 40.6. The van der Waals surface area contributed by atoms with Crippen LogP contribution in [0.2, 0.25) is 0 Å². The van der Waals surface area contributed by atoms with E-state index in [1.54, 1.807) is 0 Å². The molecule has 0 amide bonds. The maximum atomic E-state index is 10.0. The Morgan fingerprint density at radius 3 is 0.756 bits per heavy atom. The normalized spacial score (nSPS) is 11.9. The van der Waals surface area contributed by atoms with Gasteiger partial charge in [-0.15, -0.1) is 0 Å². The van der Waals surface area contributed by atoms with Gasteiger partial charge in [0, 0.05) is 19.6 Å². The summed E-state index contributed by atoms with van der Waals surface area (Å²) < 4.78 is 0. The monoisotopic (exact) mass is 581 g/mol. The predicted octanol–water partition coefficient (Wildman–Crippen LogP) is 11.9. The summed E-state index contributed by atoms with van der Waals surface area (Å²) >= 11 is 0. The van der Waals surface area contributed by atoms with Crippen molar-refractivity contribution in [3.05, 3.63) is 0 Å². The maximum Gasteiger partial charge on any atom is 0.0956 e. The summed E-state index contributed by atoms with van der Waals surface area (Å²) in [5.74, 6) is 0. The van der Waals surface area contributed by atoms with Gasteiger partial charge in [-0.2, -0.15) is 0 Å². The van der Waals surface area contributed by atoms with Crippen molar-refractivity contribution in [2.75, 3.05) is 39.5 Å². The van der Waals surface area contributed by atoms with E-state index < -0.39 is 0 Å². The Labute approximate surface area is 261 Å². The molecule has 3 nitrogen and oxygen atoms in total. The second-order valence-electron chi connectivity index (χ2n) is 13.3. The number of hydrogen-bond acceptors (Lipinski definition) is 3. The zero-order valence-corrected chi connectivity index (χ0v) is 29.1. The number of unbranched alkanes of at least 4 members (excludes halogenated alkanes) is 26. The van der Waals surface area contributed by atoms with Crippen LogP contribution in [-0.2, 0) is 0 Å². The number of rotatable bonds is 36. The van der Waals surface area contributed by atoms with Crippen LogP contribution in [0.25, 0.3) is 0 Å². The first-order valence-corrected chi connectivity index (χ1v) is 19.3. The standard InChI is InChI=1S/C38H80N2O/c1-4-7-10-13-16-19-22-25-28-31-34-39(33-30-27-24-21-18-15-12-9-6-3)36-37-40(38-41)35-32-29-26-23-20-17-14-11-8-5-2/h41H,4-38H2,1-3H3. The van der Waals surface area contributed by atoms with E-state index in [2.05, 4.69) is 30.6 Å². The molecule has 0 aromatic carbocycles. The minimum absolute atomic E-state index is 0.224. The van der Waals surface area contributed by atoms with Crippen LogP contribution in [0.3, 0.4) is 0 Å². The van der Waals surface area contributed by atoms with E-state index in [0.29, 0.717) is 0 Å². The molecular weight excluding hydrogens is 500 g/mol. The molecule has 0 saturated heterocycles. The second-order valence-corrected chi connectivity index (χ2v) is 13.3. The van der Waals surface area contributed by atoms with Crippen LogP contribution in [0, 0.1) is 0 Å². The van der Waals surface area contributed by atoms with Gasteiger partial charge in [0.05, 0.1) is 6.73 Å². The van der Waals surface area contributed by atoms with Gasteiger partial charge in [0.25, 0.3) is 0 Å². The molecule has 0 aromatic rings. The average molecular weight is 581 g/mol. The Morgan fingerprint density at radius 1 is 0.268 bits per heavy atom. The quantitative estimate of drug-likeness (QED) is 0.0589. The lowest BCUT2D eigenvalue weighted by Gasteiger charge is -2.27. The molecule has 0 fully saturated rings. The van der Waals surface area contributed by atoms with Crippen molar-refractivity contribution in [3.8, 4) is 0 Å². The van der Waals surface area contributed by atoms with Gasteiger partial charge in [0.1, 0.15) is 0 Å². The van der Waals surface area contributed by atoms with Crippen LogP contribution < -0.4 is 0 Å². The largest absolute Gasteiger partial charge is 0.381 e. The Balaban J connectivity index is 4.13. The fourth-order valence-electron chi connectivity index (χ4n) is 6.16. The average Bonchev–Trinajstić information content (AvgIpc) is 2.99. The van der Waals surface area contributed by atoms with Crippen molar-refractivity contribution < 1.29 is 5.11 Å². The zero-order valence-electron chi connectivity index (χ0n) is 29.1. The fraction of sp³-hybridized carbons (Fsp3) is 1.00. The maximum absolute atomic E-state index is 10.0. The second kappa shape index (κ2) is 36.1. The molecule has 248 valence electrons. The molecule has 0 radical (unpaired) electrons. The van der Waals surface area contributed by atoms with Crippen molar-refractivity contribution in [3.63, 3.8) is 0 Å². The van der Waals surface area contributed by atoms with Gasteiger partial charge >= 0.3 is 0 Å². The van der Waals surface area contributed by atoms with E-state index in [1.807, 2.05) is 0 Å². The SMILES string of the molecule is CCCCCCCCCCCCN(CO)CCN(CCCCCCCCCCC)CCCCCCCCCCCC. The van der Waals surface area contributed by atoms with E-state index in [1.165, 1.54) is 199 Å². The first-order chi connectivity index (χ1) is 20.3. The van der Waals surface area contributed by atoms with Gasteiger partial charge in [0.2, 0.25) is 0 Å². The van der Waals surface area contributed by atoms with Crippen LogP contribution in [0.4, 0.5) is 0 Å². The lowest BCUT2D eigenvalue weighted by molar-refractivity contribution is 0.0913. The minimum atomic E-state index is 0.224. The van der Waals surface area contributed by atoms with Crippen LogP contribution >= 0.6 is 0 Å². The molecule has 0 unspecified atom stereocenters. The smallest absolute Gasteiger partial charge is 0.0956 e. The first kappa shape index (κ1) is 40.9. The van der Waals surface area contributed by atoms with Crippen molar-refractivity contribution in [2.24, 2.45) is 0 Å². The van der Waals surface area contributed by atoms with Gasteiger partial charge in [-0.25, -0.2) is 0 Å². The number of nitrogens with zero attached hydrogens (tertiary/aromatic N) is 2. The Bertz CT molecular complexity index is 458. The lowest BCUT2D eigenvalue weighted by Crippen LogP contribution is -2.37. The van der Waals surface area contributed by atoms with Crippen molar-refractivity contribution in [1.82, 2.24) is 9.80 Å². The molecule has 3 heteroatoms. The van der Waals surface area contributed by atoms with E-state index in [-0.39, 0.29) is 6.73 Å². The highest BCUT2D eigenvalue weighted by Gasteiger charge is 2.09. The van der Waals surface area contributed by atoms with Crippen LogP contribution in [-0.4, -0.2) is 54.4 Å². The molecule has 0 aromatic heterocycles. The Hall–Kier alpha value is -0.120. The molecular formula is C38H80N2O. The number of aliphatic hydroxyl groups excluding tert-OH is 1. The summed E-state index contributed by atoms with van der Waals surface area (Å²) in [5.41, 5.74) is 0. The Kier molecular flexibility index (Phi) is 36.0. The van der Waals surface area contributed by atoms with Gasteiger partial charge in [-0.1, -0.05) is 188 Å². The highest BCUT2D eigenvalue weighted by molar-refractivity contribution is 4.64. The molecule has 0 aliphatic carbocycles. The summed E-state index contributed by atoms with van der Waals surface area (Å²) in [4.78, 5) is 5.03. The van der Waals surface area contributed by atoms with Crippen LogP contribution in [0.1, 0.15) is 207 Å². The third-order valence-electron chi connectivity index (χ3n) is 9.17. The molecule has 0 aliphatic rings. The first-order valence-electron chi connectivity index (χ1n) is 19.3. The molecule has 0 rings (SSSR count). The molecule has 0 bridgehead atoms. The van der Waals surface area contributed by atoms with Crippen LogP contribution in [0.5, 0.6) is 0 Å². The molecule has 0 spiro atoms. The molecule has 0 saturated carbocycles. The third-order valence-corrected chi connectivity index (χ3v) is 9.17. The van der Waals surface area contributed by atoms with Crippen molar-refractivity contribution >= 4 is 0 Å². The number of aliphatic hydroxyl groups is 1. The van der Waals surface area contributed by atoms with Gasteiger partial charge in [-0.05, 0) is 32.4 Å². The van der Waals surface area contributed by atoms with Gasteiger partial charge in [-0.3, -0.25) is 4.90 Å². The van der Waals surface area contributed by atoms with E-state index >= 15 is 0 Å². The summed E-state index contributed by atoms with van der Waals surface area (Å²) in [6, 6.07) is 0. The summed E-state index contributed by atoms with van der Waals surface area (Å²) in [5, 5.41) is 10.0. The highest BCUT2D eigenvalue weighted by Crippen LogP contribution is 2.14. The van der Waals surface area contributed by atoms with E-state index in [4.69, 9.17) is 0 Å². The van der Waals surface area contributed by atoms with E-state index in [0.717, 1.165) is 19.6 Å². The summed E-state index contributed by atoms with van der Waals surface area (Å²) in [6.45, 7) is 12.9. The highest BCUT2D eigenvalue weighted by atomic mass is 16.3. The number of hydrogen-bond donors (Lipinski definition) is 1. The minimum Gasteiger partial charge on any atom is -0.381 e. The fourth-order valence-corrected chi connectivity index (χ4v) is 6.16. The topological polar surface area (TPSA) is 26.7 Å². The third kappa shape index (κ3) is 32.6. The molecule has 1 N–H and O–H groups in total. The van der Waals surface area contributed by atoms with Crippen molar-refractivity contribution in [2.45, 2.75) is 207 Å². The molecule has 0 atom stereocenters. The van der Waals surface area contributed by atoms with Gasteiger partial charge < -0.3 is 10.0 Å². The molecule has 0 aliphatic heterocycles. The van der Waals surface area contributed by atoms with Gasteiger partial charge in [0.15, 0.2) is 0 Å². The molecule has 41 heavy (non-hydrogen) atoms. The summed E-state index contributed by atoms with van der Waals surface area (Å²) in [7, 11) is 0. The van der Waals surface area contributed by atoms with E-state index in [9.17, 15) is 5.11 Å². The van der Waals surface area contributed by atoms with Crippen LogP contribution in [0.15, 0.2) is 0 Å².